The summed E-state index contributed by atoms with van der Waals surface area (Å²) in [5, 5.41) is 13.1. The monoisotopic (exact) mass is 318 g/mol. The van der Waals surface area contributed by atoms with Crippen LogP contribution in [0.4, 0.5) is 0 Å². The van der Waals surface area contributed by atoms with Crippen molar-refractivity contribution >= 4 is 5.91 Å². The fraction of sp³-hybridized carbons (Fsp3) is 0.647. The van der Waals surface area contributed by atoms with Gasteiger partial charge >= 0.3 is 0 Å². The van der Waals surface area contributed by atoms with Gasteiger partial charge in [0.05, 0.1) is 6.10 Å². The number of rotatable bonds is 3. The van der Waals surface area contributed by atoms with Crippen molar-refractivity contribution < 1.29 is 9.90 Å². The molecule has 2 atom stereocenters. The molecule has 3 rings (SSSR count). The van der Waals surface area contributed by atoms with E-state index in [1.807, 2.05) is 17.0 Å². The molecule has 0 saturated carbocycles. The third kappa shape index (κ3) is 3.71. The Morgan fingerprint density at radius 3 is 2.83 bits per heavy atom. The van der Waals surface area contributed by atoms with E-state index in [9.17, 15) is 9.90 Å². The van der Waals surface area contributed by atoms with E-state index in [1.54, 1.807) is 12.4 Å². The predicted molar refractivity (Wildman–Crippen MR) is 87.8 cm³/mol. The van der Waals surface area contributed by atoms with Crippen molar-refractivity contribution in [2.75, 3.05) is 32.7 Å². The van der Waals surface area contributed by atoms with Crippen LogP contribution in [0, 0.1) is 0 Å². The molecule has 1 aromatic heterocycles. The first kappa shape index (κ1) is 16.4. The fourth-order valence-electron chi connectivity index (χ4n) is 3.51. The second kappa shape index (κ2) is 7.38. The predicted octanol–water partition coefficient (Wildman–Crippen LogP) is 0.400. The number of piperazine rings is 1. The molecular weight excluding hydrogens is 292 g/mol. The zero-order chi connectivity index (χ0) is 16.2. The van der Waals surface area contributed by atoms with Gasteiger partial charge in [-0.1, -0.05) is 6.07 Å². The number of nitrogens with zero attached hydrogens (tertiary/aromatic N) is 3. The van der Waals surface area contributed by atoms with Gasteiger partial charge in [0.1, 0.15) is 6.04 Å². The molecule has 0 aliphatic carbocycles. The second-order valence-electron chi connectivity index (χ2n) is 6.54. The molecule has 6 heteroatoms. The van der Waals surface area contributed by atoms with E-state index in [1.165, 1.54) is 0 Å². The van der Waals surface area contributed by atoms with Crippen LogP contribution in [0.1, 0.15) is 31.4 Å². The smallest absolute Gasteiger partial charge is 0.244 e. The molecule has 2 aliphatic heterocycles. The summed E-state index contributed by atoms with van der Waals surface area (Å²) in [6.07, 6.45) is 4.61. The maximum Gasteiger partial charge on any atom is 0.244 e. The number of likely N-dealkylation sites (tertiary alicyclic amines) is 1. The summed E-state index contributed by atoms with van der Waals surface area (Å²) in [6, 6.07) is 3.90. The Morgan fingerprint density at radius 1 is 1.39 bits per heavy atom. The number of hydrogen-bond donors (Lipinski definition) is 2. The van der Waals surface area contributed by atoms with Gasteiger partial charge in [-0.3, -0.25) is 14.7 Å². The number of hydrogen-bond acceptors (Lipinski definition) is 5. The summed E-state index contributed by atoms with van der Waals surface area (Å²) in [6.45, 7) is 6.07. The van der Waals surface area contributed by atoms with Crippen LogP contribution >= 0.6 is 0 Å². The van der Waals surface area contributed by atoms with E-state index in [0.717, 1.165) is 25.2 Å². The molecule has 2 N–H and O–H groups in total. The highest BCUT2D eigenvalue weighted by molar-refractivity contribution is 5.83. The molecular formula is C17H26N4O2. The van der Waals surface area contributed by atoms with Gasteiger partial charge in [-0.2, -0.15) is 0 Å². The summed E-state index contributed by atoms with van der Waals surface area (Å²) in [4.78, 5) is 21.6. The summed E-state index contributed by atoms with van der Waals surface area (Å²) in [5.74, 6) is 0.138. The Labute approximate surface area is 137 Å². The van der Waals surface area contributed by atoms with Crippen LogP contribution in [0.15, 0.2) is 24.5 Å². The van der Waals surface area contributed by atoms with Crippen molar-refractivity contribution in [2.24, 2.45) is 0 Å². The number of aliphatic hydroxyl groups excluding tert-OH is 1. The van der Waals surface area contributed by atoms with Crippen LogP contribution in [-0.2, 0) is 4.79 Å². The molecule has 3 heterocycles. The second-order valence-corrected chi connectivity index (χ2v) is 6.54. The minimum absolute atomic E-state index is 0.138. The SMILES string of the molecule is CC1CNCCN1C(C(=O)N1CCC(O)CC1)c1cccnc1. The largest absolute Gasteiger partial charge is 0.393 e. The van der Waals surface area contributed by atoms with Crippen LogP contribution in [0.5, 0.6) is 0 Å². The van der Waals surface area contributed by atoms with Gasteiger partial charge in [-0.25, -0.2) is 0 Å². The van der Waals surface area contributed by atoms with Crippen LogP contribution in [0.2, 0.25) is 0 Å². The first-order chi connectivity index (χ1) is 11.2. The van der Waals surface area contributed by atoms with Crippen LogP contribution < -0.4 is 5.32 Å². The molecule has 0 radical (unpaired) electrons. The number of nitrogens with one attached hydrogen (secondary N) is 1. The summed E-state index contributed by atoms with van der Waals surface area (Å²) in [7, 11) is 0. The number of piperidine rings is 1. The summed E-state index contributed by atoms with van der Waals surface area (Å²) in [5.41, 5.74) is 0.956. The van der Waals surface area contributed by atoms with Crippen molar-refractivity contribution in [3.63, 3.8) is 0 Å². The maximum absolute atomic E-state index is 13.2. The molecule has 0 bridgehead atoms. The Morgan fingerprint density at radius 2 is 2.17 bits per heavy atom. The van der Waals surface area contributed by atoms with Gasteiger partial charge in [0.2, 0.25) is 5.91 Å². The molecule has 2 fully saturated rings. The maximum atomic E-state index is 13.2. The number of carbonyl (C=O) groups excluding carboxylic acids is 1. The van der Waals surface area contributed by atoms with Crippen LogP contribution in [0.3, 0.4) is 0 Å². The Hall–Kier alpha value is -1.50. The molecule has 6 nitrogen and oxygen atoms in total. The topological polar surface area (TPSA) is 68.7 Å². The molecule has 23 heavy (non-hydrogen) atoms. The highest BCUT2D eigenvalue weighted by atomic mass is 16.3. The highest BCUT2D eigenvalue weighted by Gasteiger charge is 2.36. The van der Waals surface area contributed by atoms with E-state index < -0.39 is 0 Å². The lowest BCUT2D eigenvalue weighted by molar-refractivity contribution is -0.140. The van der Waals surface area contributed by atoms with E-state index >= 15 is 0 Å². The molecule has 0 aromatic carbocycles. The van der Waals surface area contributed by atoms with Crippen molar-refractivity contribution in [2.45, 2.75) is 38.0 Å². The number of aromatic nitrogens is 1. The Kier molecular flexibility index (Phi) is 5.25. The minimum Gasteiger partial charge on any atom is -0.393 e. The van der Waals surface area contributed by atoms with Gasteiger partial charge in [-0.15, -0.1) is 0 Å². The molecule has 1 aromatic rings. The molecule has 2 saturated heterocycles. The molecule has 2 aliphatic rings. The fourth-order valence-corrected chi connectivity index (χ4v) is 3.51. The van der Waals surface area contributed by atoms with E-state index in [0.29, 0.717) is 32.0 Å². The Bertz CT molecular complexity index is 517. The highest BCUT2D eigenvalue weighted by Crippen LogP contribution is 2.27. The first-order valence-electron chi connectivity index (χ1n) is 8.50. The third-order valence-electron chi connectivity index (χ3n) is 4.89. The van der Waals surface area contributed by atoms with Gasteiger partial charge in [0, 0.05) is 51.2 Å². The minimum atomic E-state index is -0.281. The lowest BCUT2D eigenvalue weighted by Crippen LogP contribution is -2.55. The third-order valence-corrected chi connectivity index (χ3v) is 4.89. The van der Waals surface area contributed by atoms with E-state index in [-0.39, 0.29) is 18.1 Å². The Balaban J connectivity index is 1.84. The summed E-state index contributed by atoms with van der Waals surface area (Å²) < 4.78 is 0. The van der Waals surface area contributed by atoms with Gasteiger partial charge in [0.25, 0.3) is 0 Å². The summed E-state index contributed by atoms with van der Waals surface area (Å²) >= 11 is 0. The average Bonchev–Trinajstić information content (AvgIpc) is 2.58. The zero-order valence-electron chi connectivity index (χ0n) is 13.7. The van der Waals surface area contributed by atoms with Crippen molar-refractivity contribution in [1.29, 1.82) is 0 Å². The standard InChI is InChI=1S/C17H26N4O2/c1-13-11-19-7-10-21(13)16(14-3-2-6-18-12-14)17(23)20-8-4-15(22)5-9-20/h2-3,6,12-13,15-16,19,22H,4-5,7-11H2,1H3. The lowest BCUT2D eigenvalue weighted by Gasteiger charge is -2.42. The van der Waals surface area contributed by atoms with Crippen molar-refractivity contribution in [1.82, 2.24) is 20.1 Å². The van der Waals surface area contributed by atoms with E-state index in [4.69, 9.17) is 0 Å². The van der Waals surface area contributed by atoms with Gasteiger partial charge in [0.15, 0.2) is 0 Å². The van der Waals surface area contributed by atoms with Gasteiger partial charge in [-0.05, 0) is 31.4 Å². The quantitative estimate of drug-likeness (QED) is 0.844. The van der Waals surface area contributed by atoms with Crippen molar-refractivity contribution in [3.05, 3.63) is 30.1 Å². The molecule has 0 spiro atoms. The van der Waals surface area contributed by atoms with Gasteiger partial charge < -0.3 is 15.3 Å². The molecule has 2 unspecified atom stereocenters. The number of pyridine rings is 1. The average molecular weight is 318 g/mol. The lowest BCUT2D eigenvalue weighted by atomic mass is 10.00. The first-order valence-corrected chi connectivity index (χ1v) is 8.50. The number of carbonyl (C=O) groups is 1. The zero-order valence-corrected chi connectivity index (χ0v) is 13.7. The van der Waals surface area contributed by atoms with E-state index in [2.05, 4.69) is 22.1 Å². The normalized spacial score (nSPS) is 25.3. The van der Waals surface area contributed by atoms with Crippen LogP contribution in [0.25, 0.3) is 0 Å². The molecule has 1 amide bonds. The number of aliphatic hydroxyl groups is 1. The number of amides is 1. The van der Waals surface area contributed by atoms with Crippen molar-refractivity contribution in [3.8, 4) is 0 Å². The molecule has 126 valence electrons. The van der Waals surface area contributed by atoms with Crippen LogP contribution in [-0.4, -0.2) is 70.7 Å².